The fraction of sp³-hybridized carbons (Fsp3) is 0.556. The average molecular weight is 318 g/mol. The second-order valence-electron chi connectivity index (χ2n) is 6.17. The lowest BCUT2D eigenvalue weighted by atomic mass is 9.98. The molecule has 1 aromatic carbocycles. The summed E-state index contributed by atoms with van der Waals surface area (Å²) in [6.07, 6.45) is 6.45. The summed E-state index contributed by atoms with van der Waals surface area (Å²) in [6.45, 7) is 1.98. The van der Waals surface area contributed by atoms with Gasteiger partial charge in [0.25, 0.3) is 0 Å². The van der Waals surface area contributed by atoms with Gasteiger partial charge in [-0.3, -0.25) is 9.59 Å². The van der Waals surface area contributed by atoms with Crippen LogP contribution in [0.5, 0.6) is 5.75 Å². The minimum atomic E-state index is -0.162. The number of likely N-dealkylation sites (N-methyl/N-ethyl adjacent to an activating group) is 1. The number of ether oxygens (including phenoxy) is 1. The van der Waals surface area contributed by atoms with Crippen molar-refractivity contribution in [1.82, 2.24) is 10.2 Å². The average Bonchev–Trinajstić information content (AvgIpc) is 2.55. The maximum Gasteiger partial charge on any atom is 0.239 e. The molecular formula is C18H26N2O3. The SMILES string of the molecule is CC(=O)N(C)CC(=O)NCc1ccc(OC2CCCCC2)cc1. The molecule has 0 aliphatic heterocycles. The van der Waals surface area contributed by atoms with Crippen LogP contribution in [0.1, 0.15) is 44.6 Å². The van der Waals surface area contributed by atoms with Crippen LogP contribution in [0.4, 0.5) is 0 Å². The number of nitrogens with zero attached hydrogens (tertiary/aromatic N) is 1. The molecule has 2 amide bonds. The van der Waals surface area contributed by atoms with E-state index in [4.69, 9.17) is 4.74 Å². The Morgan fingerprint density at radius 2 is 1.83 bits per heavy atom. The Morgan fingerprint density at radius 3 is 2.43 bits per heavy atom. The third-order valence-corrected chi connectivity index (χ3v) is 4.19. The van der Waals surface area contributed by atoms with Crippen molar-refractivity contribution in [2.45, 2.75) is 51.7 Å². The lowest BCUT2D eigenvalue weighted by molar-refractivity contribution is -0.133. The molecule has 0 atom stereocenters. The Hall–Kier alpha value is -2.04. The molecule has 0 radical (unpaired) electrons. The Bertz CT molecular complexity index is 522. The van der Waals surface area contributed by atoms with Crippen molar-refractivity contribution in [3.05, 3.63) is 29.8 Å². The summed E-state index contributed by atoms with van der Waals surface area (Å²) in [4.78, 5) is 24.2. The normalized spacial score (nSPS) is 15.0. The quantitative estimate of drug-likeness (QED) is 0.876. The van der Waals surface area contributed by atoms with E-state index >= 15 is 0 Å². The molecule has 5 heteroatoms. The highest BCUT2D eigenvalue weighted by atomic mass is 16.5. The summed E-state index contributed by atoms with van der Waals surface area (Å²) in [5, 5.41) is 2.81. The zero-order valence-corrected chi connectivity index (χ0v) is 14.0. The second-order valence-corrected chi connectivity index (χ2v) is 6.17. The molecule has 0 heterocycles. The molecule has 1 fully saturated rings. The smallest absolute Gasteiger partial charge is 0.239 e. The van der Waals surface area contributed by atoms with Gasteiger partial charge in [0.15, 0.2) is 0 Å². The van der Waals surface area contributed by atoms with Crippen molar-refractivity contribution in [2.24, 2.45) is 0 Å². The van der Waals surface area contributed by atoms with E-state index in [9.17, 15) is 9.59 Å². The third-order valence-electron chi connectivity index (χ3n) is 4.19. The van der Waals surface area contributed by atoms with Crippen LogP contribution in [0.2, 0.25) is 0 Å². The summed E-state index contributed by atoms with van der Waals surface area (Å²) < 4.78 is 5.98. The molecule has 1 aliphatic rings. The minimum absolute atomic E-state index is 0.0816. The molecule has 126 valence electrons. The Labute approximate surface area is 138 Å². The van der Waals surface area contributed by atoms with Crippen LogP contribution in [0.3, 0.4) is 0 Å². The van der Waals surface area contributed by atoms with Crippen molar-refractivity contribution < 1.29 is 14.3 Å². The van der Waals surface area contributed by atoms with E-state index in [-0.39, 0.29) is 18.4 Å². The Kier molecular flexibility index (Phi) is 6.44. The van der Waals surface area contributed by atoms with Gasteiger partial charge in [-0.2, -0.15) is 0 Å². The Morgan fingerprint density at radius 1 is 1.17 bits per heavy atom. The molecule has 23 heavy (non-hydrogen) atoms. The number of hydrogen-bond acceptors (Lipinski definition) is 3. The van der Waals surface area contributed by atoms with Gasteiger partial charge in [-0.15, -0.1) is 0 Å². The van der Waals surface area contributed by atoms with E-state index in [1.54, 1.807) is 7.05 Å². The molecule has 2 rings (SSSR count). The van der Waals surface area contributed by atoms with Crippen LogP contribution in [0.25, 0.3) is 0 Å². The highest BCUT2D eigenvalue weighted by Crippen LogP contribution is 2.23. The van der Waals surface area contributed by atoms with Crippen LogP contribution in [0.15, 0.2) is 24.3 Å². The summed E-state index contributed by atoms with van der Waals surface area (Å²) in [7, 11) is 1.61. The van der Waals surface area contributed by atoms with Gasteiger partial charge in [-0.1, -0.05) is 18.6 Å². The number of nitrogens with one attached hydrogen (secondary N) is 1. The van der Waals surface area contributed by atoms with Gasteiger partial charge in [-0.25, -0.2) is 0 Å². The first-order valence-corrected chi connectivity index (χ1v) is 8.28. The summed E-state index contributed by atoms with van der Waals surface area (Å²) in [6, 6.07) is 7.84. The first kappa shape index (κ1) is 17.3. The number of carbonyl (C=O) groups is 2. The van der Waals surface area contributed by atoms with Gasteiger partial charge in [0.2, 0.25) is 11.8 Å². The molecule has 0 aromatic heterocycles. The van der Waals surface area contributed by atoms with E-state index in [2.05, 4.69) is 5.32 Å². The van der Waals surface area contributed by atoms with E-state index in [1.807, 2.05) is 24.3 Å². The summed E-state index contributed by atoms with van der Waals surface area (Å²) in [5.41, 5.74) is 1.01. The van der Waals surface area contributed by atoms with Crippen molar-refractivity contribution >= 4 is 11.8 Å². The van der Waals surface area contributed by atoms with Crippen molar-refractivity contribution in [3.8, 4) is 5.75 Å². The van der Waals surface area contributed by atoms with Gasteiger partial charge in [0.05, 0.1) is 12.6 Å². The monoisotopic (exact) mass is 318 g/mol. The molecule has 1 aliphatic carbocycles. The fourth-order valence-corrected chi connectivity index (χ4v) is 2.64. The predicted octanol–water partition coefficient (Wildman–Crippen LogP) is 2.49. The third kappa shape index (κ3) is 5.93. The number of benzene rings is 1. The highest BCUT2D eigenvalue weighted by Gasteiger charge is 2.14. The fourth-order valence-electron chi connectivity index (χ4n) is 2.64. The van der Waals surface area contributed by atoms with Gasteiger partial charge < -0.3 is 15.0 Å². The number of rotatable bonds is 6. The maximum absolute atomic E-state index is 11.7. The van der Waals surface area contributed by atoms with Gasteiger partial charge in [-0.05, 0) is 43.4 Å². The van der Waals surface area contributed by atoms with Gasteiger partial charge in [0, 0.05) is 20.5 Å². The topological polar surface area (TPSA) is 58.6 Å². The maximum atomic E-state index is 11.7. The van der Waals surface area contributed by atoms with E-state index in [1.165, 1.54) is 31.1 Å². The van der Waals surface area contributed by atoms with Crippen molar-refractivity contribution in [2.75, 3.05) is 13.6 Å². The summed E-state index contributed by atoms with van der Waals surface area (Å²) >= 11 is 0. The van der Waals surface area contributed by atoms with Crippen molar-refractivity contribution in [3.63, 3.8) is 0 Å². The summed E-state index contributed by atoms with van der Waals surface area (Å²) in [5.74, 6) is 0.609. The molecule has 1 N–H and O–H groups in total. The van der Waals surface area contributed by atoms with Gasteiger partial charge >= 0.3 is 0 Å². The zero-order valence-electron chi connectivity index (χ0n) is 14.0. The van der Waals surface area contributed by atoms with Crippen molar-refractivity contribution in [1.29, 1.82) is 0 Å². The van der Waals surface area contributed by atoms with Crippen LogP contribution in [-0.4, -0.2) is 36.4 Å². The lowest BCUT2D eigenvalue weighted by Gasteiger charge is -2.23. The van der Waals surface area contributed by atoms with Crippen LogP contribution in [-0.2, 0) is 16.1 Å². The first-order valence-electron chi connectivity index (χ1n) is 8.28. The number of hydrogen-bond donors (Lipinski definition) is 1. The number of carbonyl (C=O) groups excluding carboxylic acids is 2. The van der Waals surface area contributed by atoms with E-state index in [0.717, 1.165) is 24.2 Å². The Balaban J connectivity index is 1.76. The molecule has 1 saturated carbocycles. The molecule has 0 spiro atoms. The molecule has 0 saturated heterocycles. The lowest BCUT2D eigenvalue weighted by Crippen LogP contribution is -2.36. The second kappa shape index (κ2) is 8.56. The predicted molar refractivity (Wildman–Crippen MR) is 89.1 cm³/mol. The standard InChI is InChI=1S/C18H26N2O3/c1-14(21)20(2)13-18(22)19-12-15-8-10-17(11-9-15)23-16-6-4-3-5-7-16/h8-11,16H,3-7,12-13H2,1-2H3,(H,19,22). The molecule has 0 unspecified atom stereocenters. The largest absolute Gasteiger partial charge is 0.490 e. The van der Waals surface area contributed by atoms with Gasteiger partial charge in [0.1, 0.15) is 5.75 Å². The first-order chi connectivity index (χ1) is 11.0. The van der Waals surface area contributed by atoms with Crippen LogP contribution in [0, 0.1) is 0 Å². The van der Waals surface area contributed by atoms with Crippen LogP contribution >= 0.6 is 0 Å². The number of amides is 2. The zero-order chi connectivity index (χ0) is 16.7. The highest BCUT2D eigenvalue weighted by molar-refractivity contribution is 5.83. The minimum Gasteiger partial charge on any atom is -0.490 e. The molecular weight excluding hydrogens is 292 g/mol. The molecule has 1 aromatic rings. The van der Waals surface area contributed by atoms with Crippen LogP contribution < -0.4 is 10.1 Å². The van der Waals surface area contributed by atoms with E-state index in [0.29, 0.717) is 12.6 Å². The van der Waals surface area contributed by atoms with E-state index < -0.39 is 0 Å². The molecule has 0 bridgehead atoms. The molecule has 5 nitrogen and oxygen atoms in total.